The van der Waals surface area contributed by atoms with Crippen molar-refractivity contribution in [3.8, 4) is 6.07 Å². The summed E-state index contributed by atoms with van der Waals surface area (Å²) < 4.78 is 1.77. The maximum absolute atomic E-state index is 12.3. The molecule has 1 unspecified atom stereocenters. The lowest BCUT2D eigenvalue weighted by Gasteiger charge is -2.15. The molecule has 0 bridgehead atoms. The van der Waals surface area contributed by atoms with Crippen molar-refractivity contribution in [3.63, 3.8) is 0 Å². The molecule has 20 heavy (non-hydrogen) atoms. The Kier molecular flexibility index (Phi) is 2.99. The third kappa shape index (κ3) is 2.16. The third-order valence-corrected chi connectivity index (χ3v) is 3.48. The number of aromatic nitrogens is 4. The molecule has 0 spiro atoms. The van der Waals surface area contributed by atoms with Crippen molar-refractivity contribution in [2.24, 2.45) is 0 Å². The zero-order chi connectivity index (χ0) is 14.1. The number of H-pyrrole nitrogens is 1. The molecule has 2 aromatic rings. The number of nitrogens with zero attached hydrogens (tertiary/aromatic N) is 5. The van der Waals surface area contributed by atoms with Crippen molar-refractivity contribution in [2.45, 2.75) is 19.4 Å². The van der Waals surface area contributed by atoms with Crippen LogP contribution in [0.15, 0.2) is 18.5 Å². The van der Waals surface area contributed by atoms with E-state index in [2.05, 4.69) is 21.4 Å². The molecule has 1 aliphatic heterocycles. The highest BCUT2D eigenvalue weighted by atomic mass is 16.2. The second kappa shape index (κ2) is 4.81. The molecule has 3 heterocycles. The van der Waals surface area contributed by atoms with Crippen LogP contribution in [0.1, 0.15) is 34.2 Å². The average Bonchev–Trinajstić information content (AvgIpc) is 3.17. The first-order valence-electron chi connectivity index (χ1n) is 6.43. The van der Waals surface area contributed by atoms with Gasteiger partial charge >= 0.3 is 0 Å². The molecule has 7 heteroatoms. The van der Waals surface area contributed by atoms with E-state index in [0.29, 0.717) is 24.3 Å². The summed E-state index contributed by atoms with van der Waals surface area (Å²) in [6, 6.07) is 3.93. The largest absolute Gasteiger partial charge is 0.335 e. The Hall–Kier alpha value is -2.62. The van der Waals surface area contributed by atoms with Crippen LogP contribution in [0.2, 0.25) is 0 Å². The van der Waals surface area contributed by atoms with Gasteiger partial charge in [-0.15, -0.1) is 0 Å². The predicted molar refractivity (Wildman–Crippen MR) is 69.8 cm³/mol. The van der Waals surface area contributed by atoms with E-state index in [-0.39, 0.29) is 11.9 Å². The van der Waals surface area contributed by atoms with Crippen molar-refractivity contribution in [1.29, 1.82) is 5.26 Å². The Balaban J connectivity index is 1.70. The molecule has 1 N–H and O–H groups in total. The first kappa shape index (κ1) is 12.4. The van der Waals surface area contributed by atoms with Gasteiger partial charge in [-0.3, -0.25) is 14.6 Å². The van der Waals surface area contributed by atoms with E-state index in [4.69, 9.17) is 5.26 Å². The molecule has 1 amide bonds. The van der Waals surface area contributed by atoms with Gasteiger partial charge in [0.15, 0.2) is 0 Å². The molecule has 2 aromatic heterocycles. The number of likely N-dealkylation sites (tertiary alicyclic amines) is 1. The number of aryl methyl sites for hydroxylation is 1. The Bertz CT molecular complexity index is 679. The summed E-state index contributed by atoms with van der Waals surface area (Å²) >= 11 is 0. The van der Waals surface area contributed by atoms with Gasteiger partial charge in [0.1, 0.15) is 11.8 Å². The summed E-state index contributed by atoms with van der Waals surface area (Å²) in [6.07, 6.45) is 4.10. The summed E-state index contributed by atoms with van der Waals surface area (Å²) in [4.78, 5) is 14.0. The second-order valence-corrected chi connectivity index (χ2v) is 4.95. The number of amides is 1. The highest BCUT2D eigenvalue weighted by Crippen LogP contribution is 2.22. The van der Waals surface area contributed by atoms with Gasteiger partial charge in [-0.25, -0.2) is 0 Å². The highest BCUT2D eigenvalue weighted by molar-refractivity contribution is 5.92. The van der Waals surface area contributed by atoms with Crippen LogP contribution in [0.4, 0.5) is 0 Å². The van der Waals surface area contributed by atoms with Gasteiger partial charge in [0.2, 0.25) is 0 Å². The summed E-state index contributed by atoms with van der Waals surface area (Å²) in [7, 11) is 0. The summed E-state index contributed by atoms with van der Waals surface area (Å²) in [5.41, 5.74) is 1.86. The van der Waals surface area contributed by atoms with Crippen LogP contribution >= 0.6 is 0 Å². The standard InChI is InChI=1S/C13H14N6O/c1-9-4-12(17-16-9)13(20)18-3-2-11(8-18)19-7-10(5-14)6-15-19/h4,6-7,11H,2-3,8H2,1H3,(H,16,17). The maximum Gasteiger partial charge on any atom is 0.274 e. The normalized spacial score (nSPS) is 18.2. The van der Waals surface area contributed by atoms with E-state index < -0.39 is 0 Å². The lowest BCUT2D eigenvalue weighted by molar-refractivity contribution is 0.0781. The number of carbonyl (C=O) groups is 1. The van der Waals surface area contributed by atoms with Crippen molar-refractivity contribution >= 4 is 5.91 Å². The molecular weight excluding hydrogens is 256 g/mol. The number of rotatable bonds is 2. The molecule has 1 atom stereocenters. The maximum atomic E-state index is 12.3. The van der Waals surface area contributed by atoms with Crippen LogP contribution in [0.3, 0.4) is 0 Å². The Labute approximate surface area is 115 Å². The van der Waals surface area contributed by atoms with Crippen molar-refractivity contribution in [2.75, 3.05) is 13.1 Å². The lowest BCUT2D eigenvalue weighted by atomic mass is 10.3. The minimum atomic E-state index is -0.0653. The van der Waals surface area contributed by atoms with Crippen LogP contribution in [-0.2, 0) is 0 Å². The van der Waals surface area contributed by atoms with Crippen LogP contribution in [0.25, 0.3) is 0 Å². The zero-order valence-corrected chi connectivity index (χ0v) is 11.1. The van der Waals surface area contributed by atoms with E-state index in [1.807, 2.05) is 6.92 Å². The molecule has 1 fully saturated rings. The molecule has 3 rings (SSSR count). The van der Waals surface area contributed by atoms with Crippen molar-refractivity contribution in [3.05, 3.63) is 35.4 Å². The van der Waals surface area contributed by atoms with Gasteiger partial charge in [0, 0.05) is 25.0 Å². The van der Waals surface area contributed by atoms with E-state index >= 15 is 0 Å². The van der Waals surface area contributed by atoms with Gasteiger partial charge < -0.3 is 4.90 Å². The Morgan fingerprint density at radius 2 is 2.45 bits per heavy atom. The minimum Gasteiger partial charge on any atom is -0.335 e. The fourth-order valence-electron chi connectivity index (χ4n) is 2.43. The highest BCUT2D eigenvalue weighted by Gasteiger charge is 2.29. The quantitative estimate of drug-likeness (QED) is 0.876. The third-order valence-electron chi connectivity index (χ3n) is 3.48. The van der Waals surface area contributed by atoms with Gasteiger partial charge in [-0.1, -0.05) is 0 Å². The molecule has 0 aromatic carbocycles. The van der Waals surface area contributed by atoms with Gasteiger partial charge in [-0.05, 0) is 19.4 Å². The fourth-order valence-corrected chi connectivity index (χ4v) is 2.43. The van der Waals surface area contributed by atoms with Crippen LogP contribution in [0, 0.1) is 18.3 Å². The van der Waals surface area contributed by atoms with Crippen molar-refractivity contribution in [1.82, 2.24) is 24.9 Å². The van der Waals surface area contributed by atoms with Crippen LogP contribution in [-0.4, -0.2) is 43.9 Å². The average molecular weight is 270 g/mol. The molecule has 102 valence electrons. The molecule has 1 saturated heterocycles. The molecule has 1 aliphatic rings. The number of nitriles is 1. The molecule has 0 saturated carbocycles. The number of carbonyl (C=O) groups excluding carboxylic acids is 1. The van der Waals surface area contributed by atoms with Gasteiger partial charge in [0.25, 0.3) is 5.91 Å². The topological polar surface area (TPSA) is 90.6 Å². The smallest absolute Gasteiger partial charge is 0.274 e. The van der Waals surface area contributed by atoms with E-state index in [1.165, 1.54) is 0 Å². The zero-order valence-electron chi connectivity index (χ0n) is 11.1. The first-order valence-corrected chi connectivity index (χ1v) is 6.43. The lowest BCUT2D eigenvalue weighted by Crippen LogP contribution is -2.29. The fraction of sp³-hybridized carbons (Fsp3) is 0.385. The minimum absolute atomic E-state index is 0.0653. The monoisotopic (exact) mass is 270 g/mol. The molecule has 0 radical (unpaired) electrons. The number of nitrogens with one attached hydrogen (secondary N) is 1. The summed E-state index contributed by atoms with van der Waals surface area (Å²) in [6.45, 7) is 3.14. The number of hydrogen-bond donors (Lipinski definition) is 1. The number of aromatic amines is 1. The first-order chi connectivity index (χ1) is 9.67. The molecule has 7 nitrogen and oxygen atoms in total. The van der Waals surface area contributed by atoms with E-state index in [9.17, 15) is 4.79 Å². The van der Waals surface area contributed by atoms with E-state index in [0.717, 1.165) is 12.1 Å². The molecule has 0 aliphatic carbocycles. The van der Waals surface area contributed by atoms with E-state index in [1.54, 1.807) is 28.0 Å². The summed E-state index contributed by atoms with van der Waals surface area (Å²) in [5.74, 6) is -0.0653. The van der Waals surface area contributed by atoms with Gasteiger partial charge in [-0.2, -0.15) is 15.5 Å². The summed E-state index contributed by atoms with van der Waals surface area (Å²) in [5, 5.41) is 19.7. The molecular formula is C13H14N6O. The SMILES string of the molecule is Cc1cc(C(=O)N2CCC(n3cc(C#N)cn3)C2)n[nH]1. The number of hydrogen-bond acceptors (Lipinski definition) is 4. The van der Waals surface area contributed by atoms with Gasteiger partial charge in [0.05, 0.1) is 17.8 Å². The predicted octanol–water partition coefficient (Wildman–Crippen LogP) is 0.873. The Morgan fingerprint density at radius 1 is 1.60 bits per heavy atom. The Morgan fingerprint density at radius 3 is 3.10 bits per heavy atom. The van der Waals surface area contributed by atoms with Crippen LogP contribution < -0.4 is 0 Å². The van der Waals surface area contributed by atoms with Crippen LogP contribution in [0.5, 0.6) is 0 Å². The van der Waals surface area contributed by atoms with Crippen molar-refractivity contribution < 1.29 is 4.79 Å². The second-order valence-electron chi connectivity index (χ2n) is 4.95.